The summed E-state index contributed by atoms with van der Waals surface area (Å²) in [5, 5.41) is 18.4. The Labute approximate surface area is 237 Å². The molecule has 0 radical (unpaired) electrons. The molecule has 4 aromatic heterocycles. The fraction of sp³-hybridized carbons (Fsp3) is 0.370. The first-order valence-electron chi connectivity index (χ1n) is 12.9. The van der Waals surface area contributed by atoms with Crippen LogP contribution in [-0.2, 0) is 16.1 Å². The van der Waals surface area contributed by atoms with Crippen molar-refractivity contribution in [3.63, 3.8) is 0 Å². The van der Waals surface area contributed by atoms with E-state index in [9.17, 15) is 19.1 Å². The van der Waals surface area contributed by atoms with Gasteiger partial charge in [-0.1, -0.05) is 0 Å². The quantitative estimate of drug-likeness (QED) is 0.318. The van der Waals surface area contributed by atoms with E-state index in [1.807, 2.05) is 0 Å². The monoisotopic (exact) mass is 608 g/mol. The van der Waals surface area contributed by atoms with E-state index in [4.69, 9.17) is 0 Å². The van der Waals surface area contributed by atoms with E-state index < -0.39 is 18.0 Å². The number of rotatable bonds is 6. The summed E-state index contributed by atoms with van der Waals surface area (Å²) in [6.07, 6.45) is 4.96. The highest BCUT2D eigenvalue weighted by molar-refractivity contribution is 9.10. The molecular weight excluding hydrogens is 583 g/mol. The standard InChI is InChI=1S/C27H26BrFN8O3/c1-12-4-19(29)25(28)33-26(12)34-27(40)24-17-5-15(17)10-36(24)22(39)11-37-21-9-32-20(16-7-30-14(3)31-8-16)6-18(21)23(35-37)13(2)38/h4,6-9,13,15,17,24,38H,5,10-11H2,1-3H3,(H,33,34,40)/t13?,15-,17-,24+/m1/s1. The Morgan fingerprint density at radius 1 is 1.20 bits per heavy atom. The Morgan fingerprint density at radius 3 is 2.67 bits per heavy atom. The highest BCUT2D eigenvalue weighted by Gasteiger charge is 2.56. The predicted octanol–water partition coefficient (Wildman–Crippen LogP) is 3.34. The highest BCUT2D eigenvalue weighted by atomic mass is 79.9. The first kappa shape index (κ1) is 26.4. The molecule has 13 heteroatoms. The van der Waals surface area contributed by atoms with Crippen molar-refractivity contribution in [1.82, 2.24) is 34.6 Å². The second-order valence-electron chi connectivity index (χ2n) is 10.4. The number of nitrogens with zero attached hydrogens (tertiary/aromatic N) is 7. The van der Waals surface area contributed by atoms with Gasteiger partial charge in [0.15, 0.2) is 5.82 Å². The number of halogens is 2. The lowest BCUT2D eigenvalue weighted by atomic mass is 10.1. The van der Waals surface area contributed by atoms with Crippen LogP contribution in [0.1, 0.15) is 36.5 Å². The second-order valence-corrected chi connectivity index (χ2v) is 11.1. The molecule has 1 aliphatic carbocycles. The Hall–Kier alpha value is -3.84. The van der Waals surface area contributed by atoms with E-state index in [1.54, 1.807) is 50.3 Å². The van der Waals surface area contributed by atoms with Crippen molar-refractivity contribution in [2.75, 3.05) is 11.9 Å². The molecule has 206 valence electrons. The van der Waals surface area contributed by atoms with Gasteiger partial charge in [-0.3, -0.25) is 19.3 Å². The third-order valence-corrected chi connectivity index (χ3v) is 8.08. The number of aliphatic hydroxyl groups excluding tert-OH is 1. The second kappa shape index (κ2) is 9.97. The smallest absolute Gasteiger partial charge is 0.248 e. The average Bonchev–Trinajstić information content (AvgIpc) is 3.42. The summed E-state index contributed by atoms with van der Waals surface area (Å²) >= 11 is 3.06. The molecule has 4 atom stereocenters. The minimum atomic E-state index is -0.882. The van der Waals surface area contributed by atoms with Crippen LogP contribution in [0.3, 0.4) is 0 Å². The Balaban J connectivity index is 1.26. The highest BCUT2D eigenvalue weighted by Crippen LogP contribution is 2.50. The lowest BCUT2D eigenvalue weighted by Gasteiger charge is -2.27. The maximum Gasteiger partial charge on any atom is 0.248 e. The molecule has 11 nitrogen and oxygen atoms in total. The van der Waals surface area contributed by atoms with E-state index in [0.717, 1.165) is 12.0 Å². The van der Waals surface area contributed by atoms with Gasteiger partial charge in [-0.15, -0.1) is 0 Å². The summed E-state index contributed by atoms with van der Waals surface area (Å²) < 4.78 is 15.3. The maximum atomic E-state index is 13.8. The van der Waals surface area contributed by atoms with Gasteiger partial charge in [0.05, 0.1) is 29.2 Å². The molecule has 5 heterocycles. The van der Waals surface area contributed by atoms with Gasteiger partial charge >= 0.3 is 0 Å². The molecular formula is C27H26BrFN8O3. The normalized spacial score (nSPS) is 20.4. The molecule has 2 amide bonds. The van der Waals surface area contributed by atoms with Crippen LogP contribution in [0, 0.1) is 31.5 Å². The van der Waals surface area contributed by atoms with Gasteiger partial charge in [0, 0.05) is 29.9 Å². The van der Waals surface area contributed by atoms with Crippen molar-refractivity contribution in [1.29, 1.82) is 0 Å². The number of aryl methyl sites for hydroxylation is 2. The van der Waals surface area contributed by atoms with E-state index >= 15 is 0 Å². The molecule has 0 spiro atoms. The number of hydrogen-bond acceptors (Lipinski definition) is 8. The molecule has 1 aliphatic heterocycles. The van der Waals surface area contributed by atoms with Crippen molar-refractivity contribution in [2.24, 2.45) is 11.8 Å². The fourth-order valence-electron chi connectivity index (χ4n) is 5.36. The molecule has 4 aromatic rings. The van der Waals surface area contributed by atoms with Crippen molar-refractivity contribution in [2.45, 2.75) is 45.9 Å². The van der Waals surface area contributed by atoms with Crippen LogP contribution in [0.2, 0.25) is 0 Å². The maximum absolute atomic E-state index is 13.8. The lowest BCUT2D eigenvalue weighted by molar-refractivity contribution is -0.138. The summed E-state index contributed by atoms with van der Waals surface area (Å²) in [5.74, 6) is 0.0734. The minimum absolute atomic E-state index is 0.00296. The number of hydrogen-bond donors (Lipinski definition) is 2. The molecule has 1 saturated heterocycles. The number of aromatic nitrogens is 6. The molecule has 2 aliphatic rings. The summed E-state index contributed by atoms with van der Waals surface area (Å²) in [6, 6.07) is 2.43. The molecule has 6 rings (SSSR count). The van der Waals surface area contributed by atoms with E-state index in [2.05, 4.69) is 46.3 Å². The lowest BCUT2D eigenvalue weighted by Crippen LogP contribution is -2.47. The zero-order valence-corrected chi connectivity index (χ0v) is 23.6. The topological polar surface area (TPSA) is 139 Å². The van der Waals surface area contributed by atoms with Crippen molar-refractivity contribution >= 4 is 44.5 Å². The number of aliphatic hydroxyl groups is 1. The van der Waals surface area contributed by atoms with Crippen molar-refractivity contribution in [3.05, 3.63) is 58.2 Å². The summed E-state index contributed by atoms with van der Waals surface area (Å²) in [7, 11) is 0. The number of carbonyl (C=O) groups excluding carboxylic acids is 2. The van der Waals surface area contributed by atoms with Crippen LogP contribution >= 0.6 is 15.9 Å². The van der Waals surface area contributed by atoms with Crippen LogP contribution in [0.25, 0.3) is 22.2 Å². The van der Waals surface area contributed by atoms with Gasteiger partial charge < -0.3 is 15.3 Å². The third-order valence-electron chi connectivity index (χ3n) is 7.53. The SMILES string of the molecule is Cc1ncc(-c2cc3c(C(C)O)nn(CC(=O)N4C[C@H]5C[C@H]5[C@H]4C(=O)Nc4nc(Br)c(F)cc4C)c3cn2)cn1. The Bertz CT molecular complexity index is 1660. The van der Waals surface area contributed by atoms with Gasteiger partial charge in [-0.2, -0.15) is 5.10 Å². The summed E-state index contributed by atoms with van der Waals surface area (Å²) in [4.78, 5) is 45.6. The molecule has 40 heavy (non-hydrogen) atoms. The number of anilines is 1. The van der Waals surface area contributed by atoms with Gasteiger partial charge in [0.2, 0.25) is 11.8 Å². The van der Waals surface area contributed by atoms with Crippen LogP contribution in [-0.4, -0.2) is 64.1 Å². The summed E-state index contributed by atoms with van der Waals surface area (Å²) in [6.45, 7) is 5.41. The molecule has 0 aromatic carbocycles. The molecule has 2 N–H and O–H groups in total. The van der Waals surface area contributed by atoms with Gasteiger partial charge in [-0.05, 0) is 72.7 Å². The predicted molar refractivity (Wildman–Crippen MR) is 146 cm³/mol. The fourth-order valence-corrected chi connectivity index (χ4v) is 5.65. The first-order valence-corrected chi connectivity index (χ1v) is 13.7. The Kier molecular flexibility index (Phi) is 6.57. The number of amides is 2. The number of carbonyl (C=O) groups is 2. The van der Waals surface area contributed by atoms with Gasteiger partial charge in [0.25, 0.3) is 0 Å². The largest absolute Gasteiger partial charge is 0.387 e. The average molecular weight is 609 g/mol. The van der Waals surface area contributed by atoms with E-state index in [1.165, 1.54) is 10.7 Å². The number of likely N-dealkylation sites (tertiary alicyclic amines) is 1. The number of pyridine rings is 2. The van der Waals surface area contributed by atoms with E-state index in [-0.39, 0.29) is 40.6 Å². The Morgan fingerprint density at radius 2 is 1.95 bits per heavy atom. The first-order chi connectivity index (χ1) is 19.1. The molecule has 1 saturated carbocycles. The molecule has 1 unspecified atom stereocenters. The molecule has 0 bridgehead atoms. The zero-order chi connectivity index (χ0) is 28.3. The van der Waals surface area contributed by atoms with Gasteiger partial charge in [-0.25, -0.2) is 19.3 Å². The zero-order valence-electron chi connectivity index (χ0n) is 22.0. The number of nitrogens with one attached hydrogen (secondary N) is 1. The van der Waals surface area contributed by atoms with Crippen LogP contribution in [0.15, 0.2) is 35.3 Å². The third kappa shape index (κ3) is 4.73. The van der Waals surface area contributed by atoms with E-state index in [0.29, 0.717) is 40.2 Å². The van der Waals surface area contributed by atoms with Crippen LogP contribution in [0.4, 0.5) is 10.2 Å². The summed E-state index contributed by atoms with van der Waals surface area (Å²) in [5.41, 5.74) is 2.82. The molecule has 2 fully saturated rings. The van der Waals surface area contributed by atoms with Crippen molar-refractivity contribution < 1.29 is 19.1 Å². The number of piperidine rings is 1. The van der Waals surface area contributed by atoms with Gasteiger partial charge in [0.1, 0.15) is 28.8 Å². The van der Waals surface area contributed by atoms with Crippen LogP contribution < -0.4 is 5.32 Å². The minimum Gasteiger partial charge on any atom is -0.387 e. The van der Waals surface area contributed by atoms with Crippen LogP contribution in [0.5, 0.6) is 0 Å². The number of fused-ring (bicyclic) bond motifs is 2. The van der Waals surface area contributed by atoms with Crippen molar-refractivity contribution in [3.8, 4) is 11.3 Å².